The number of nitrogens with zero attached hydrogens (tertiary/aromatic N) is 1. The van der Waals surface area contributed by atoms with Crippen LogP contribution in [0.3, 0.4) is 0 Å². The summed E-state index contributed by atoms with van der Waals surface area (Å²) in [7, 11) is 0. The van der Waals surface area contributed by atoms with Crippen LogP contribution in [0.4, 0.5) is 0 Å². The van der Waals surface area contributed by atoms with Crippen LogP contribution in [0.25, 0.3) is 0 Å². The molecule has 0 aromatic rings. The highest BCUT2D eigenvalue weighted by Crippen LogP contribution is 2.14. The Hall–Kier alpha value is -0.990. The van der Waals surface area contributed by atoms with E-state index < -0.39 is 0 Å². The average molecular weight is 182 g/mol. The summed E-state index contributed by atoms with van der Waals surface area (Å²) in [6, 6.07) is 0. The molecule has 0 aromatic carbocycles. The second-order valence-corrected chi connectivity index (χ2v) is 3.41. The number of carbonyl (C=O) groups excluding carboxylic acids is 1. The molecule has 0 unspecified atom stereocenters. The van der Waals surface area contributed by atoms with E-state index in [1.807, 2.05) is 13.0 Å². The van der Waals surface area contributed by atoms with E-state index in [4.69, 9.17) is 5.73 Å². The Morgan fingerprint density at radius 3 is 2.46 bits per heavy atom. The molecular weight excluding hydrogens is 164 g/mol. The van der Waals surface area contributed by atoms with E-state index in [1.54, 1.807) is 0 Å². The first-order chi connectivity index (χ1) is 6.25. The van der Waals surface area contributed by atoms with Gasteiger partial charge in [-0.2, -0.15) is 0 Å². The first-order valence-corrected chi connectivity index (χ1v) is 5.00. The van der Waals surface area contributed by atoms with Crippen LogP contribution in [0.15, 0.2) is 11.8 Å². The average Bonchev–Trinajstić information content (AvgIpc) is 2.15. The van der Waals surface area contributed by atoms with E-state index >= 15 is 0 Å². The molecule has 0 bridgehead atoms. The molecule has 2 N–H and O–H groups in total. The van der Waals surface area contributed by atoms with Crippen molar-refractivity contribution in [2.24, 2.45) is 5.73 Å². The van der Waals surface area contributed by atoms with Crippen molar-refractivity contribution in [3.63, 3.8) is 0 Å². The number of allylic oxidation sites excluding steroid dienone is 1. The summed E-state index contributed by atoms with van der Waals surface area (Å²) in [6.45, 7) is 3.98. The number of rotatable bonds is 3. The van der Waals surface area contributed by atoms with Crippen molar-refractivity contribution in [1.82, 2.24) is 4.90 Å². The Balaban J connectivity index is 2.63. The molecule has 1 rings (SSSR count). The van der Waals surface area contributed by atoms with Gasteiger partial charge < -0.3 is 10.6 Å². The Labute approximate surface area is 79.6 Å². The second kappa shape index (κ2) is 4.90. The van der Waals surface area contributed by atoms with Crippen LogP contribution in [-0.2, 0) is 4.79 Å². The lowest BCUT2D eigenvalue weighted by molar-refractivity contribution is -0.116. The third-order valence-corrected chi connectivity index (χ3v) is 2.35. The van der Waals surface area contributed by atoms with Gasteiger partial charge in [0, 0.05) is 13.1 Å². The molecule has 1 saturated heterocycles. The molecule has 0 atom stereocenters. The quantitative estimate of drug-likeness (QED) is 0.668. The van der Waals surface area contributed by atoms with Gasteiger partial charge in [0.05, 0.1) is 5.70 Å². The van der Waals surface area contributed by atoms with Crippen LogP contribution in [0.2, 0.25) is 0 Å². The van der Waals surface area contributed by atoms with Crippen molar-refractivity contribution in [3.8, 4) is 0 Å². The third kappa shape index (κ3) is 2.76. The summed E-state index contributed by atoms with van der Waals surface area (Å²) in [4.78, 5) is 13.2. The van der Waals surface area contributed by atoms with Crippen LogP contribution >= 0.6 is 0 Å². The fourth-order valence-electron chi connectivity index (χ4n) is 1.71. The Morgan fingerprint density at radius 1 is 1.38 bits per heavy atom. The van der Waals surface area contributed by atoms with Crippen molar-refractivity contribution < 1.29 is 4.79 Å². The smallest absolute Gasteiger partial charge is 0.264 e. The maximum absolute atomic E-state index is 11.1. The van der Waals surface area contributed by atoms with Crippen LogP contribution in [0, 0.1) is 0 Å². The lowest BCUT2D eigenvalue weighted by atomic mass is 10.1. The summed E-state index contributed by atoms with van der Waals surface area (Å²) in [5, 5.41) is 0. The van der Waals surface area contributed by atoms with Crippen molar-refractivity contribution in [2.45, 2.75) is 32.6 Å². The minimum atomic E-state index is -0.288. The number of nitrogens with two attached hydrogens (primary N) is 1. The lowest BCUT2D eigenvalue weighted by Gasteiger charge is -2.29. The highest BCUT2D eigenvalue weighted by molar-refractivity contribution is 5.91. The summed E-state index contributed by atoms with van der Waals surface area (Å²) < 4.78 is 0. The second-order valence-electron chi connectivity index (χ2n) is 3.41. The van der Waals surface area contributed by atoms with E-state index in [2.05, 4.69) is 4.90 Å². The topological polar surface area (TPSA) is 46.3 Å². The van der Waals surface area contributed by atoms with E-state index in [1.165, 1.54) is 19.3 Å². The number of amides is 1. The summed E-state index contributed by atoms with van der Waals surface area (Å²) >= 11 is 0. The zero-order chi connectivity index (χ0) is 9.68. The van der Waals surface area contributed by atoms with Gasteiger partial charge in [-0.1, -0.05) is 13.0 Å². The molecule has 1 amide bonds. The number of primary amides is 1. The first-order valence-electron chi connectivity index (χ1n) is 5.00. The molecule has 74 valence electrons. The molecule has 0 spiro atoms. The maximum atomic E-state index is 11.1. The highest BCUT2D eigenvalue weighted by Gasteiger charge is 2.16. The summed E-state index contributed by atoms with van der Waals surface area (Å²) in [6.07, 6.45) is 6.42. The predicted octanol–water partition coefficient (Wildman–Crippen LogP) is 1.25. The molecule has 3 heteroatoms. The van der Waals surface area contributed by atoms with Gasteiger partial charge in [0.15, 0.2) is 0 Å². The molecule has 3 nitrogen and oxygen atoms in total. The Kier molecular flexibility index (Phi) is 3.80. The van der Waals surface area contributed by atoms with Crippen LogP contribution in [0.1, 0.15) is 32.6 Å². The molecular formula is C10H18N2O. The van der Waals surface area contributed by atoms with Gasteiger partial charge in [-0.15, -0.1) is 0 Å². The normalized spacial score (nSPS) is 18.8. The third-order valence-electron chi connectivity index (χ3n) is 2.35. The van der Waals surface area contributed by atoms with Crippen LogP contribution in [-0.4, -0.2) is 23.9 Å². The van der Waals surface area contributed by atoms with Gasteiger partial charge in [0.2, 0.25) is 0 Å². The minimum absolute atomic E-state index is 0.288. The van der Waals surface area contributed by atoms with E-state index in [9.17, 15) is 4.79 Å². The van der Waals surface area contributed by atoms with Crippen LogP contribution < -0.4 is 5.73 Å². The number of likely N-dealkylation sites (tertiary alicyclic amines) is 1. The fraction of sp³-hybridized carbons (Fsp3) is 0.700. The molecule has 1 fully saturated rings. The SMILES string of the molecule is CC/C=C(/C(N)=O)N1CCCCC1. The van der Waals surface area contributed by atoms with Crippen molar-refractivity contribution >= 4 is 5.91 Å². The molecule has 0 saturated carbocycles. The summed E-state index contributed by atoms with van der Waals surface area (Å²) in [5.74, 6) is -0.288. The van der Waals surface area contributed by atoms with Gasteiger partial charge in [0.25, 0.3) is 5.91 Å². The van der Waals surface area contributed by atoms with Gasteiger partial charge in [-0.3, -0.25) is 4.79 Å². The molecule has 0 radical (unpaired) electrons. The largest absolute Gasteiger partial charge is 0.367 e. The van der Waals surface area contributed by atoms with Gasteiger partial charge in [-0.05, 0) is 25.7 Å². The number of piperidine rings is 1. The number of carbonyl (C=O) groups is 1. The lowest BCUT2D eigenvalue weighted by Crippen LogP contribution is -2.35. The Bertz CT molecular complexity index is 205. The molecule has 0 aromatic heterocycles. The zero-order valence-electron chi connectivity index (χ0n) is 8.25. The van der Waals surface area contributed by atoms with E-state index in [0.717, 1.165) is 19.5 Å². The van der Waals surface area contributed by atoms with Crippen molar-refractivity contribution in [2.75, 3.05) is 13.1 Å². The first kappa shape index (κ1) is 10.1. The monoisotopic (exact) mass is 182 g/mol. The summed E-state index contributed by atoms with van der Waals surface area (Å²) in [5.41, 5.74) is 6.02. The molecule has 1 heterocycles. The van der Waals surface area contributed by atoms with E-state index in [0.29, 0.717) is 5.70 Å². The maximum Gasteiger partial charge on any atom is 0.264 e. The van der Waals surface area contributed by atoms with E-state index in [-0.39, 0.29) is 5.91 Å². The molecule has 1 aliphatic rings. The predicted molar refractivity (Wildman–Crippen MR) is 53.0 cm³/mol. The number of hydrogen-bond acceptors (Lipinski definition) is 2. The van der Waals surface area contributed by atoms with Gasteiger partial charge >= 0.3 is 0 Å². The van der Waals surface area contributed by atoms with Crippen molar-refractivity contribution in [1.29, 1.82) is 0 Å². The fourth-order valence-corrected chi connectivity index (χ4v) is 1.71. The minimum Gasteiger partial charge on any atom is -0.367 e. The van der Waals surface area contributed by atoms with Gasteiger partial charge in [0.1, 0.15) is 0 Å². The molecule has 0 aliphatic carbocycles. The highest BCUT2D eigenvalue weighted by atomic mass is 16.1. The molecule has 1 aliphatic heterocycles. The van der Waals surface area contributed by atoms with Crippen LogP contribution in [0.5, 0.6) is 0 Å². The van der Waals surface area contributed by atoms with Crippen molar-refractivity contribution in [3.05, 3.63) is 11.8 Å². The Morgan fingerprint density at radius 2 is 2.00 bits per heavy atom. The van der Waals surface area contributed by atoms with Gasteiger partial charge in [-0.25, -0.2) is 0 Å². The standard InChI is InChI=1S/C10H18N2O/c1-2-6-9(10(11)13)12-7-4-3-5-8-12/h6H,2-5,7-8H2,1H3,(H2,11,13)/b9-6-. The molecule has 13 heavy (non-hydrogen) atoms. The number of hydrogen-bond donors (Lipinski definition) is 1. The zero-order valence-corrected chi connectivity index (χ0v) is 8.25.